The highest BCUT2D eigenvalue weighted by atomic mass is 14.9. The zero-order valence-electron chi connectivity index (χ0n) is 7.38. The summed E-state index contributed by atoms with van der Waals surface area (Å²) in [6, 6.07) is 2.04. The molecule has 1 aromatic rings. The summed E-state index contributed by atoms with van der Waals surface area (Å²) in [5.74, 6) is 0.921. The molecule has 1 N–H and O–H groups in total. The molecule has 0 aliphatic heterocycles. The predicted octanol–water partition coefficient (Wildman–Crippen LogP) is 2.21. The number of anilines is 1. The van der Waals surface area contributed by atoms with E-state index >= 15 is 0 Å². The van der Waals surface area contributed by atoms with Crippen LogP contribution in [0.3, 0.4) is 0 Å². The second-order valence-corrected chi connectivity index (χ2v) is 3.51. The van der Waals surface area contributed by atoms with Crippen LogP contribution in [0.5, 0.6) is 0 Å². The molecule has 0 atom stereocenters. The van der Waals surface area contributed by atoms with E-state index in [1.165, 1.54) is 24.1 Å². The normalized spacial score (nSPS) is 16.1. The summed E-state index contributed by atoms with van der Waals surface area (Å²) in [4.78, 5) is 4.08. The summed E-state index contributed by atoms with van der Waals surface area (Å²) in [6.45, 7) is 3.23. The van der Waals surface area contributed by atoms with E-state index in [0.717, 1.165) is 12.5 Å². The van der Waals surface area contributed by atoms with Crippen LogP contribution in [-0.4, -0.2) is 11.5 Å². The summed E-state index contributed by atoms with van der Waals surface area (Å²) >= 11 is 0. The number of hydrogen-bond acceptors (Lipinski definition) is 2. The lowest BCUT2D eigenvalue weighted by molar-refractivity contribution is 0.886. The number of nitrogens with one attached hydrogen (secondary N) is 1. The molecule has 1 heterocycles. The molecule has 0 spiro atoms. The molecule has 64 valence electrons. The highest BCUT2D eigenvalue weighted by Gasteiger charge is 2.20. The van der Waals surface area contributed by atoms with Crippen LogP contribution in [0, 0.1) is 12.8 Å². The van der Waals surface area contributed by atoms with Crippen molar-refractivity contribution in [3.05, 3.63) is 24.0 Å². The molecule has 1 aromatic heterocycles. The Bertz CT molecular complexity index is 266. The van der Waals surface area contributed by atoms with Crippen molar-refractivity contribution in [3.63, 3.8) is 0 Å². The second-order valence-electron chi connectivity index (χ2n) is 3.51. The number of hydrogen-bond donors (Lipinski definition) is 1. The fourth-order valence-electron chi connectivity index (χ4n) is 1.23. The highest BCUT2D eigenvalue weighted by molar-refractivity contribution is 5.47. The molecule has 0 unspecified atom stereocenters. The van der Waals surface area contributed by atoms with Crippen LogP contribution in [0.4, 0.5) is 5.69 Å². The number of pyridine rings is 1. The van der Waals surface area contributed by atoms with Gasteiger partial charge in [-0.2, -0.15) is 0 Å². The molecule has 0 radical (unpaired) electrons. The lowest BCUT2D eigenvalue weighted by Gasteiger charge is -2.06. The number of rotatable bonds is 3. The van der Waals surface area contributed by atoms with Gasteiger partial charge in [-0.3, -0.25) is 4.98 Å². The minimum absolute atomic E-state index is 0.921. The van der Waals surface area contributed by atoms with Gasteiger partial charge < -0.3 is 5.32 Å². The van der Waals surface area contributed by atoms with Crippen LogP contribution in [-0.2, 0) is 0 Å². The lowest BCUT2D eigenvalue weighted by Crippen LogP contribution is -2.04. The first-order chi connectivity index (χ1) is 5.86. The first-order valence-corrected chi connectivity index (χ1v) is 4.51. The molecule has 2 nitrogen and oxygen atoms in total. The monoisotopic (exact) mass is 162 g/mol. The van der Waals surface area contributed by atoms with Gasteiger partial charge in [0.15, 0.2) is 0 Å². The molecule has 0 saturated heterocycles. The molecule has 1 aliphatic carbocycles. The Hall–Kier alpha value is -1.05. The minimum Gasteiger partial charge on any atom is -0.383 e. The summed E-state index contributed by atoms with van der Waals surface area (Å²) in [6.07, 6.45) is 6.52. The molecule has 0 bridgehead atoms. The predicted molar refractivity (Wildman–Crippen MR) is 50.2 cm³/mol. The van der Waals surface area contributed by atoms with Crippen molar-refractivity contribution in [1.82, 2.24) is 4.98 Å². The largest absolute Gasteiger partial charge is 0.383 e. The Morgan fingerprint density at radius 1 is 1.58 bits per heavy atom. The fourth-order valence-corrected chi connectivity index (χ4v) is 1.23. The van der Waals surface area contributed by atoms with Crippen LogP contribution >= 0.6 is 0 Å². The fraction of sp³-hybridized carbons (Fsp3) is 0.500. The number of nitrogens with zero attached hydrogens (tertiary/aromatic N) is 1. The van der Waals surface area contributed by atoms with Gasteiger partial charge in [-0.15, -0.1) is 0 Å². The maximum Gasteiger partial charge on any atom is 0.0556 e. The maximum atomic E-state index is 4.08. The third kappa shape index (κ3) is 1.76. The van der Waals surface area contributed by atoms with Gasteiger partial charge in [0.2, 0.25) is 0 Å². The zero-order chi connectivity index (χ0) is 8.39. The molecule has 0 aromatic carbocycles. The van der Waals surface area contributed by atoms with Crippen molar-refractivity contribution in [3.8, 4) is 0 Å². The summed E-state index contributed by atoms with van der Waals surface area (Å²) in [5.41, 5.74) is 2.47. The highest BCUT2D eigenvalue weighted by Crippen LogP contribution is 2.29. The van der Waals surface area contributed by atoms with Gasteiger partial charge in [0.25, 0.3) is 0 Å². The topological polar surface area (TPSA) is 24.9 Å². The summed E-state index contributed by atoms with van der Waals surface area (Å²) in [5, 5.41) is 3.41. The van der Waals surface area contributed by atoms with Gasteiger partial charge in [0.1, 0.15) is 0 Å². The molecule has 2 rings (SSSR count). The van der Waals surface area contributed by atoms with Crippen LogP contribution < -0.4 is 5.32 Å². The average Bonchev–Trinajstić information content (AvgIpc) is 2.86. The molecular weight excluding hydrogens is 148 g/mol. The minimum atomic E-state index is 0.921. The first kappa shape index (κ1) is 7.59. The standard InChI is InChI=1S/C10H14N2/c1-8-4-5-11-7-10(8)12-6-9-2-3-9/h4-5,7,9,12H,2-3,6H2,1H3. The van der Waals surface area contributed by atoms with Crippen molar-refractivity contribution in [2.24, 2.45) is 5.92 Å². The van der Waals surface area contributed by atoms with Crippen molar-refractivity contribution in [1.29, 1.82) is 0 Å². The van der Waals surface area contributed by atoms with Crippen molar-refractivity contribution >= 4 is 5.69 Å². The van der Waals surface area contributed by atoms with Gasteiger partial charge in [-0.05, 0) is 37.3 Å². The average molecular weight is 162 g/mol. The third-order valence-electron chi connectivity index (χ3n) is 2.32. The molecular formula is C10H14N2. The molecule has 1 fully saturated rings. The van der Waals surface area contributed by atoms with Crippen molar-refractivity contribution in [2.45, 2.75) is 19.8 Å². The van der Waals surface area contributed by atoms with Crippen LogP contribution in [0.25, 0.3) is 0 Å². The van der Waals surface area contributed by atoms with Gasteiger partial charge in [0.05, 0.1) is 11.9 Å². The molecule has 1 saturated carbocycles. The van der Waals surface area contributed by atoms with E-state index in [2.05, 4.69) is 17.2 Å². The Morgan fingerprint density at radius 3 is 3.08 bits per heavy atom. The second kappa shape index (κ2) is 3.13. The van der Waals surface area contributed by atoms with E-state index in [0.29, 0.717) is 0 Å². The quantitative estimate of drug-likeness (QED) is 0.737. The van der Waals surface area contributed by atoms with Crippen LogP contribution in [0.2, 0.25) is 0 Å². The Morgan fingerprint density at radius 2 is 2.42 bits per heavy atom. The van der Waals surface area contributed by atoms with Gasteiger partial charge in [0, 0.05) is 12.7 Å². The van der Waals surface area contributed by atoms with E-state index < -0.39 is 0 Å². The SMILES string of the molecule is Cc1ccncc1NCC1CC1. The van der Waals surface area contributed by atoms with Crippen molar-refractivity contribution < 1.29 is 0 Å². The molecule has 0 amide bonds. The Balaban J connectivity index is 1.96. The van der Waals surface area contributed by atoms with Crippen LogP contribution in [0.1, 0.15) is 18.4 Å². The van der Waals surface area contributed by atoms with E-state index in [9.17, 15) is 0 Å². The van der Waals surface area contributed by atoms with Gasteiger partial charge in [-0.1, -0.05) is 0 Å². The zero-order valence-corrected chi connectivity index (χ0v) is 7.38. The summed E-state index contributed by atoms with van der Waals surface area (Å²) in [7, 11) is 0. The molecule has 2 heteroatoms. The van der Waals surface area contributed by atoms with Gasteiger partial charge in [-0.25, -0.2) is 0 Å². The lowest BCUT2D eigenvalue weighted by atomic mass is 10.2. The third-order valence-corrected chi connectivity index (χ3v) is 2.32. The Labute approximate surface area is 73.0 Å². The van der Waals surface area contributed by atoms with E-state index in [4.69, 9.17) is 0 Å². The van der Waals surface area contributed by atoms with Gasteiger partial charge >= 0.3 is 0 Å². The molecule has 1 aliphatic rings. The van der Waals surface area contributed by atoms with Crippen molar-refractivity contribution in [2.75, 3.05) is 11.9 Å². The van der Waals surface area contributed by atoms with E-state index in [1.54, 1.807) is 0 Å². The smallest absolute Gasteiger partial charge is 0.0556 e. The number of aromatic nitrogens is 1. The van der Waals surface area contributed by atoms with E-state index in [-0.39, 0.29) is 0 Å². The number of aryl methyl sites for hydroxylation is 1. The van der Waals surface area contributed by atoms with Crippen LogP contribution in [0.15, 0.2) is 18.5 Å². The maximum absolute atomic E-state index is 4.08. The molecule has 12 heavy (non-hydrogen) atoms. The summed E-state index contributed by atoms with van der Waals surface area (Å²) < 4.78 is 0. The Kier molecular flexibility index (Phi) is 1.98. The first-order valence-electron chi connectivity index (χ1n) is 4.51. The van der Waals surface area contributed by atoms with E-state index in [1.807, 2.05) is 18.5 Å².